The second-order valence-corrected chi connectivity index (χ2v) is 7.55. The summed E-state index contributed by atoms with van der Waals surface area (Å²) in [6.45, 7) is 3.43. The van der Waals surface area contributed by atoms with Crippen LogP contribution in [0.25, 0.3) is 0 Å². The third-order valence-electron chi connectivity index (χ3n) is 2.80. The predicted octanol–water partition coefficient (Wildman–Crippen LogP) is 1.50. The number of halogens is 1. The lowest BCUT2D eigenvalue weighted by Gasteiger charge is -2.10. The average molecular weight is 349 g/mol. The molecule has 0 aliphatic heterocycles. The molecule has 0 heterocycles. The van der Waals surface area contributed by atoms with Crippen molar-refractivity contribution in [2.24, 2.45) is 0 Å². The van der Waals surface area contributed by atoms with Crippen LogP contribution >= 0.6 is 15.9 Å². The van der Waals surface area contributed by atoms with Gasteiger partial charge in [0.05, 0.1) is 5.75 Å². The van der Waals surface area contributed by atoms with Crippen LogP contribution in [0.1, 0.15) is 22.8 Å². The van der Waals surface area contributed by atoms with Crippen molar-refractivity contribution in [3.63, 3.8) is 0 Å². The van der Waals surface area contributed by atoms with Crippen LogP contribution in [0.2, 0.25) is 0 Å². The summed E-state index contributed by atoms with van der Waals surface area (Å²) in [7, 11) is -3.07. The van der Waals surface area contributed by atoms with E-state index in [-0.39, 0.29) is 24.0 Å². The molecule has 0 fully saturated rings. The first-order valence-electron chi connectivity index (χ1n) is 5.81. The molecule has 0 aliphatic rings. The summed E-state index contributed by atoms with van der Waals surface area (Å²) in [4.78, 5) is 12.0. The normalized spacial score (nSPS) is 11.3. The number of benzene rings is 1. The lowest BCUT2D eigenvalue weighted by Crippen LogP contribution is -2.30. The Bertz CT molecular complexity index is 585. The zero-order valence-corrected chi connectivity index (χ0v) is 13.3. The van der Waals surface area contributed by atoms with Crippen molar-refractivity contribution in [3.8, 4) is 0 Å². The van der Waals surface area contributed by atoms with Gasteiger partial charge in [-0.05, 0) is 24.6 Å². The van der Waals surface area contributed by atoms with Crippen LogP contribution in [-0.4, -0.2) is 32.4 Å². The molecule has 0 atom stereocenters. The number of hydrogen-bond donors (Lipinski definition) is 2. The minimum Gasteiger partial charge on any atom is -0.398 e. The van der Waals surface area contributed by atoms with Crippen molar-refractivity contribution in [1.82, 2.24) is 5.32 Å². The number of nitrogens with two attached hydrogens (primary N) is 1. The number of carbonyl (C=O) groups is 1. The van der Waals surface area contributed by atoms with Crippen LogP contribution in [0.3, 0.4) is 0 Å². The maximum absolute atomic E-state index is 12.0. The number of nitrogen functional groups attached to an aromatic ring is 1. The number of rotatable bonds is 5. The van der Waals surface area contributed by atoms with E-state index in [4.69, 9.17) is 5.73 Å². The lowest BCUT2D eigenvalue weighted by atomic mass is 10.1. The summed E-state index contributed by atoms with van der Waals surface area (Å²) in [5.74, 6) is -0.305. The number of anilines is 1. The highest BCUT2D eigenvalue weighted by Gasteiger charge is 2.13. The van der Waals surface area contributed by atoms with Gasteiger partial charge in [0.1, 0.15) is 0 Å². The Labute approximate surface area is 121 Å². The molecular weight excluding hydrogens is 332 g/mol. The highest BCUT2D eigenvalue weighted by molar-refractivity contribution is 9.10. The zero-order valence-electron chi connectivity index (χ0n) is 10.9. The summed E-state index contributed by atoms with van der Waals surface area (Å²) in [5.41, 5.74) is 7.41. The van der Waals surface area contributed by atoms with Gasteiger partial charge in [-0.15, -0.1) is 0 Å². The highest BCUT2D eigenvalue weighted by Crippen LogP contribution is 2.22. The van der Waals surface area contributed by atoms with Crippen molar-refractivity contribution in [3.05, 3.63) is 27.7 Å². The molecule has 7 heteroatoms. The van der Waals surface area contributed by atoms with Crippen molar-refractivity contribution < 1.29 is 13.2 Å². The predicted molar refractivity (Wildman–Crippen MR) is 80.0 cm³/mol. The first kappa shape index (κ1) is 16.0. The summed E-state index contributed by atoms with van der Waals surface area (Å²) >= 11 is 3.27. The second-order valence-electron chi connectivity index (χ2n) is 4.16. The van der Waals surface area contributed by atoms with E-state index in [0.717, 1.165) is 0 Å². The Kier molecular flexibility index (Phi) is 5.37. The molecular formula is C12H17BrN2O3S. The van der Waals surface area contributed by atoms with Crippen molar-refractivity contribution in [2.45, 2.75) is 13.8 Å². The number of hydrogen-bond acceptors (Lipinski definition) is 4. The van der Waals surface area contributed by atoms with Crippen LogP contribution in [0.4, 0.5) is 5.69 Å². The van der Waals surface area contributed by atoms with Crippen LogP contribution in [0, 0.1) is 6.92 Å². The fourth-order valence-corrected chi connectivity index (χ4v) is 2.67. The first-order valence-corrected chi connectivity index (χ1v) is 8.42. The van der Waals surface area contributed by atoms with E-state index in [1.807, 2.05) is 0 Å². The van der Waals surface area contributed by atoms with Gasteiger partial charge in [-0.25, -0.2) is 8.42 Å². The Morgan fingerprint density at radius 3 is 2.63 bits per heavy atom. The molecule has 106 valence electrons. The molecule has 19 heavy (non-hydrogen) atoms. The van der Waals surface area contributed by atoms with Crippen molar-refractivity contribution >= 4 is 37.4 Å². The minimum absolute atomic E-state index is 0.0578. The Morgan fingerprint density at radius 1 is 1.42 bits per heavy atom. The van der Waals surface area contributed by atoms with Gasteiger partial charge in [0, 0.05) is 28.0 Å². The fourth-order valence-electron chi connectivity index (χ4n) is 1.50. The molecule has 0 bridgehead atoms. The molecule has 5 nitrogen and oxygen atoms in total. The SMILES string of the molecule is CCS(=O)(=O)CCNC(=O)c1cc(Br)cc(N)c1C. The highest BCUT2D eigenvalue weighted by atomic mass is 79.9. The Balaban J connectivity index is 2.75. The van der Waals surface area contributed by atoms with E-state index >= 15 is 0 Å². The topological polar surface area (TPSA) is 89.3 Å². The van der Waals surface area contributed by atoms with Gasteiger partial charge in [-0.1, -0.05) is 22.9 Å². The number of sulfone groups is 1. The standard InChI is InChI=1S/C12H17BrN2O3S/c1-3-19(17,18)5-4-15-12(16)10-6-9(13)7-11(14)8(10)2/h6-7H,3-5,14H2,1-2H3,(H,15,16). The summed E-state index contributed by atoms with van der Waals surface area (Å²) in [6.07, 6.45) is 0. The number of amides is 1. The molecule has 0 aromatic heterocycles. The summed E-state index contributed by atoms with van der Waals surface area (Å²) in [5, 5.41) is 2.59. The second kappa shape index (κ2) is 6.38. The monoisotopic (exact) mass is 348 g/mol. The van der Waals surface area contributed by atoms with Gasteiger partial charge in [-0.3, -0.25) is 4.79 Å². The molecule has 3 N–H and O–H groups in total. The molecule has 1 aromatic rings. The summed E-state index contributed by atoms with van der Waals surface area (Å²) in [6, 6.07) is 3.38. The molecule has 0 radical (unpaired) electrons. The molecule has 0 spiro atoms. The van der Waals surface area contributed by atoms with E-state index in [1.165, 1.54) is 0 Å². The van der Waals surface area contributed by atoms with E-state index in [2.05, 4.69) is 21.2 Å². The largest absolute Gasteiger partial charge is 0.398 e. The zero-order chi connectivity index (χ0) is 14.6. The molecule has 0 saturated carbocycles. The van der Waals surface area contributed by atoms with Crippen LogP contribution < -0.4 is 11.1 Å². The van der Waals surface area contributed by atoms with Gasteiger partial charge in [0.2, 0.25) is 0 Å². The van der Waals surface area contributed by atoms with Crippen LogP contribution in [0.5, 0.6) is 0 Å². The van der Waals surface area contributed by atoms with Gasteiger partial charge < -0.3 is 11.1 Å². The van der Waals surface area contributed by atoms with Crippen molar-refractivity contribution in [1.29, 1.82) is 0 Å². The third kappa shape index (κ3) is 4.50. The van der Waals surface area contributed by atoms with Crippen molar-refractivity contribution in [2.75, 3.05) is 23.8 Å². The van der Waals surface area contributed by atoms with Gasteiger partial charge in [0.25, 0.3) is 5.91 Å². The smallest absolute Gasteiger partial charge is 0.251 e. The fraction of sp³-hybridized carbons (Fsp3) is 0.417. The average Bonchev–Trinajstić information content (AvgIpc) is 2.33. The molecule has 1 aromatic carbocycles. The van der Waals surface area contributed by atoms with Gasteiger partial charge in [0.15, 0.2) is 9.84 Å². The van der Waals surface area contributed by atoms with Crippen LogP contribution in [-0.2, 0) is 9.84 Å². The Morgan fingerprint density at radius 2 is 2.05 bits per heavy atom. The van der Waals surface area contributed by atoms with Gasteiger partial charge >= 0.3 is 0 Å². The maximum atomic E-state index is 12.0. The van der Waals surface area contributed by atoms with E-state index in [9.17, 15) is 13.2 Å². The van der Waals surface area contributed by atoms with E-state index in [0.29, 0.717) is 21.3 Å². The number of nitrogens with one attached hydrogen (secondary N) is 1. The quantitative estimate of drug-likeness (QED) is 0.789. The summed E-state index contributed by atoms with van der Waals surface area (Å²) < 4.78 is 23.3. The first-order chi connectivity index (χ1) is 8.76. The van der Waals surface area contributed by atoms with E-state index in [1.54, 1.807) is 26.0 Å². The minimum atomic E-state index is -3.07. The molecule has 1 rings (SSSR count). The molecule has 1 amide bonds. The maximum Gasteiger partial charge on any atom is 0.251 e. The van der Waals surface area contributed by atoms with Gasteiger partial charge in [-0.2, -0.15) is 0 Å². The lowest BCUT2D eigenvalue weighted by molar-refractivity contribution is 0.0955. The van der Waals surface area contributed by atoms with Crippen LogP contribution in [0.15, 0.2) is 16.6 Å². The number of carbonyl (C=O) groups excluding carboxylic acids is 1. The Hall–Kier alpha value is -1.08. The molecule has 0 aliphatic carbocycles. The third-order valence-corrected chi connectivity index (χ3v) is 4.96. The molecule has 0 saturated heterocycles. The van der Waals surface area contributed by atoms with E-state index < -0.39 is 9.84 Å². The molecule has 0 unspecified atom stereocenters.